The van der Waals surface area contributed by atoms with Crippen molar-refractivity contribution in [3.8, 4) is 0 Å². The Hall–Kier alpha value is -0.530. The Bertz CT molecular complexity index is 110. The lowest BCUT2D eigenvalue weighted by Gasteiger charge is -2.00. The number of unbranched alkanes of at least 4 members (excludes halogenated alkanes) is 4. The van der Waals surface area contributed by atoms with Crippen LogP contribution >= 0.6 is 0 Å². The lowest BCUT2D eigenvalue weighted by Crippen LogP contribution is -2.03. The van der Waals surface area contributed by atoms with Crippen molar-refractivity contribution in [1.29, 1.82) is 0 Å². The molecule has 0 N–H and O–H groups in total. The molecule has 0 aliphatic heterocycles. The lowest BCUT2D eigenvalue weighted by molar-refractivity contribution is -0.139. The van der Waals surface area contributed by atoms with Crippen molar-refractivity contribution in [3.05, 3.63) is 6.42 Å². The lowest BCUT2D eigenvalue weighted by atomic mass is 10.1. The molecule has 0 bridgehead atoms. The SMILES string of the molecule is CCCCCC[CH]C(=O)OCC. The summed E-state index contributed by atoms with van der Waals surface area (Å²) < 4.78 is 4.75. The summed E-state index contributed by atoms with van der Waals surface area (Å²) in [6.45, 7) is 4.47. The molecule has 0 fully saturated rings. The van der Waals surface area contributed by atoms with Gasteiger partial charge in [-0.2, -0.15) is 0 Å². The van der Waals surface area contributed by atoms with Crippen LogP contribution in [0.1, 0.15) is 46.0 Å². The minimum absolute atomic E-state index is 0.172. The van der Waals surface area contributed by atoms with Crippen molar-refractivity contribution in [2.45, 2.75) is 46.0 Å². The normalized spacial score (nSPS) is 9.83. The largest absolute Gasteiger partial charge is 0.466 e. The minimum Gasteiger partial charge on any atom is -0.466 e. The third-order valence-corrected chi connectivity index (χ3v) is 1.66. The maximum absolute atomic E-state index is 10.8. The van der Waals surface area contributed by atoms with Crippen LogP contribution in [-0.4, -0.2) is 12.6 Å². The Labute approximate surface area is 75.3 Å². The molecular formula is C10H19O2. The van der Waals surface area contributed by atoms with Crippen LogP contribution in [0.25, 0.3) is 0 Å². The van der Waals surface area contributed by atoms with Gasteiger partial charge in [0.2, 0.25) is 0 Å². The molecular weight excluding hydrogens is 152 g/mol. The molecule has 0 aliphatic rings. The Balaban J connectivity index is 3.03. The van der Waals surface area contributed by atoms with E-state index in [9.17, 15) is 4.79 Å². The standard InChI is InChI=1S/C10H19O2/c1-3-5-6-7-8-9-10(11)12-4-2/h9H,3-8H2,1-2H3. The number of ether oxygens (including phenoxy) is 1. The molecule has 71 valence electrons. The molecule has 12 heavy (non-hydrogen) atoms. The summed E-state index contributed by atoms with van der Waals surface area (Å²) in [4.78, 5) is 10.8. The molecule has 2 nitrogen and oxygen atoms in total. The fourth-order valence-corrected chi connectivity index (χ4v) is 0.992. The predicted molar refractivity (Wildman–Crippen MR) is 49.7 cm³/mol. The first-order valence-corrected chi connectivity index (χ1v) is 4.81. The van der Waals surface area contributed by atoms with Gasteiger partial charge in [-0.3, -0.25) is 4.79 Å². The van der Waals surface area contributed by atoms with Crippen LogP contribution in [-0.2, 0) is 9.53 Å². The van der Waals surface area contributed by atoms with E-state index in [0.717, 1.165) is 12.8 Å². The summed E-state index contributed by atoms with van der Waals surface area (Å²) in [5.74, 6) is -0.172. The van der Waals surface area contributed by atoms with Crippen LogP contribution in [0, 0.1) is 6.42 Å². The highest BCUT2D eigenvalue weighted by Gasteiger charge is 2.00. The second-order valence-electron chi connectivity index (χ2n) is 2.81. The highest BCUT2D eigenvalue weighted by molar-refractivity contribution is 5.78. The molecule has 0 heterocycles. The third-order valence-electron chi connectivity index (χ3n) is 1.66. The zero-order valence-corrected chi connectivity index (χ0v) is 8.14. The second kappa shape index (κ2) is 8.57. The highest BCUT2D eigenvalue weighted by atomic mass is 16.5. The van der Waals surface area contributed by atoms with Gasteiger partial charge >= 0.3 is 5.97 Å². The van der Waals surface area contributed by atoms with E-state index in [1.807, 2.05) is 6.92 Å². The van der Waals surface area contributed by atoms with Gasteiger partial charge in [0.25, 0.3) is 0 Å². The molecule has 0 unspecified atom stereocenters. The number of esters is 1. The molecule has 0 rings (SSSR count). The average Bonchev–Trinajstić information content (AvgIpc) is 2.05. The van der Waals surface area contributed by atoms with Crippen LogP contribution in [0.5, 0.6) is 0 Å². The summed E-state index contributed by atoms with van der Waals surface area (Å²) in [5.41, 5.74) is 0. The fourth-order valence-electron chi connectivity index (χ4n) is 0.992. The molecule has 0 aromatic heterocycles. The first-order valence-electron chi connectivity index (χ1n) is 4.81. The summed E-state index contributed by atoms with van der Waals surface area (Å²) in [6.07, 6.45) is 7.31. The molecule has 0 aliphatic carbocycles. The topological polar surface area (TPSA) is 26.3 Å². The van der Waals surface area contributed by atoms with E-state index in [1.165, 1.54) is 19.3 Å². The maximum Gasteiger partial charge on any atom is 0.309 e. The van der Waals surface area contributed by atoms with Gasteiger partial charge in [0.05, 0.1) is 13.0 Å². The molecule has 0 aromatic rings. The monoisotopic (exact) mass is 171 g/mol. The molecule has 0 spiro atoms. The molecule has 2 heteroatoms. The number of carbonyl (C=O) groups is 1. The van der Waals surface area contributed by atoms with Crippen LogP contribution < -0.4 is 0 Å². The van der Waals surface area contributed by atoms with Crippen LogP contribution in [0.15, 0.2) is 0 Å². The van der Waals surface area contributed by atoms with E-state index >= 15 is 0 Å². The quantitative estimate of drug-likeness (QED) is 0.435. The highest BCUT2D eigenvalue weighted by Crippen LogP contribution is 2.04. The van der Waals surface area contributed by atoms with E-state index in [1.54, 1.807) is 6.42 Å². The van der Waals surface area contributed by atoms with Crippen LogP contribution in [0.4, 0.5) is 0 Å². The van der Waals surface area contributed by atoms with E-state index in [0.29, 0.717) is 6.61 Å². The van der Waals surface area contributed by atoms with E-state index in [-0.39, 0.29) is 5.97 Å². The molecule has 0 amide bonds. The van der Waals surface area contributed by atoms with Gasteiger partial charge in [-0.05, 0) is 13.3 Å². The minimum atomic E-state index is -0.172. The fraction of sp³-hybridized carbons (Fsp3) is 0.800. The first-order chi connectivity index (χ1) is 5.81. The van der Waals surface area contributed by atoms with Gasteiger partial charge < -0.3 is 4.74 Å². The first kappa shape index (κ1) is 11.5. The molecule has 0 atom stereocenters. The third kappa shape index (κ3) is 7.58. The number of carbonyl (C=O) groups excluding carboxylic acids is 1. The predicted octanol–water partition coefficient (Wildman–Crippen LogP) is 2.72. The smallest absolute Gasteiger partial charge is 0.309 e. The summed E-state index contributed by atoms with van der Waals surface area (Å²) in [7, 11) is 0. The zero-order chi connectivity index (χ0) is 9.23. The van der Waals surface area contributed by atoms with Crippen molar-refractivity contribution in [2.75, 3.05) is 6.61 Å². The summed E-state index contributed by atoms with van der Waals surface area (Å²) >= 11 is 0. The molecule has 0 aromatic carbocycles. The number of hydrogen-bond donors (Lipinski definition) is 0. The van der Waals surface area contributed by atoms with Crippen molar-refractivity contribution in [3.63, 3.8) is 0 Å². The van der Waals surface area contributed by atoms with Crippen LogP contribution in [0.2, 0.25) is 0 Å². The maximum atomic E-state index is 10.8. The van der Waals surface area contributed by atoms with Crippen molar-refractivity contribution >= 4 is 5.97 Å². The Kier molecular flexibility index (Phi) is 8.19. The van der Waals surface area contributed by atoms with Gasteiger partial charge in [0, 0.05) is 0 Å². The Morgan fingerprint density at radius 2 is 2.00 bits per heavy atom. The molecule has 1 radical (unpaired) electrons. The van der Waals surface area contributed by atoms with Crippen molar-refractivity contribution in [2.24, 2.45) is 0 Å². The summed E-state index contributed by atoms with van der Waals surface area (Å²) in [6, 6.07) is 0. The van der Waals surface area contributed by atoms with Gasteiger partial charge in [-0.25, -0.2) is 0 Å². The van der Waals surface area contributed by atoms with Crippen molar-refractivity contribution < 1.29 is 9.53 Å². The van der Waals surface area contributed by atoms with Gasteiger partial charge in [0.1, 0.15) is 0 Å². The van der Waals surface area contributed by atoms with Crippen LogP contribution in [0.3, 0.4) is 0 Å². The van der Waals surface area contributed by atoms with Gasteiger partial charge in [-0.1, -0.05) is 32.6 Å². The van der Waals surface area contributed by atoms with E-state index in [2.05, 4.69) is 6.92 Å². The van der Waals surface area contributed by atoms with Gasteiger partial charge in [-0.15, -0.1) is 0 Å². The van der Waals surface area contributed by atoms with E-state index < -0.39 is 0 Å². The zero-order valence-electron chi connectivity index (χ0n) is 8.14. The summed E-state index contributed by atoms with van der Waals surface area (Å²) in [5, 5.41) is 0. The number of rotatable bonds is 7. The van der Waals surface area contributed by atoms with E-state index in [4.69, 9.17) is 4.74 Å². The molecule has 0 saturated carbocycles. The number of hydrogen-bond acceptors (Lipinski definition) is 2. The Morgan fingerprint density at radius 3 is 2.58 bits per heavy atom. The average molecular weight is 171 g/mol. The second-order valence-corrected chi connectivity index (χ2v) is 2.81. The van der Waals surface area contributed by atoms with Crippen molar-refractivity contribution in [1.82, 2.24) is 0 Å². The van der Waals surface area contributed by atoms with Gasteiger partial charge in [0.15, 0.2) is 0 Å². The Morgan fingerprint density at radius 1 is 1.25 bits per heavy atom. The molecule has 0 saturated heterocycles.